The van der Waals surface area contributed by atoms with Crippen molar-refractivity contribution in [3.63, 3.8) is 0 Å². The van der Waals surface area contributed by atoms with Crippen molar-refractivity contribution in [2.24, 2.45) is 11.3 Å². The molecule has 0 heterocycles. The summed E-state index contributed by atoms with van der Waals surface area (Å²) >= 11 is 0. The van der Waals surface area contributed by atoms with Crippen LogP contribution in [-0.2, 0) is 4.74 Å². The van der Waals surface area contributed by atoms with Gasteiger partial charge in [0, 0.05) is 13.1 Å². The van der Waals surface area contributed by atoms with E-state index in [0.717, 1.165) is 25.9 Å². The number of amides is 1. The highest BCUT2D eigenvalue weighted by atomic mass is 16.6. The highest BCUT2D eigenvalue weighted by Crippen LogP contribution is 2.24. The number of rotatable bonds is 6. The van der Waals surface area contributed by atoms with Gasteiger partial charge in [-0.25, -0.2) is 4.79 Å². The van der Waals surface area contributed by atoms with Gasteiger partial charge in [0.2, 0.25) is 0 Å². The second-order valence-corrected chi connectivity index (χ2v) is 7.38. The fraction of sp³-hybridized carbons (Fsp3) is 0.941. The second kappa shape index (κ2) is 8.53. The number of carbonyl (C=O) groups excluding carboxylic acids is 1. The van der Waals surface area contributed by atoms with Crippen LogP contribution in [0.15, 0.2) is 0 Å². The Bertz CT molecular complexity index is 277. The van der Waals surface area contributed by atoms with E-state index in [-0.39, 0.29) is 11.5 Å². The molecule has 0 spiro atoms. The molecule has 0 N–H and O–H groups in total. The van der Waals surface area contributed by atoms with Crippen LogP contribution in [0.1, 0.15) is 72.6 Å². The summed E-state index contributed by atoms with van der Waals surface area (Å²) in [5.41, 5.74) is 0.260. The summed E-state index contributed by atoms with van der Waals surface area (Å²) in [4.78, 5) is 14.1. The molecule has 1 amide bonds. The van der Waals surface area contributed by atoms with Crippen molar-refractivity contribution in [1.29, 1.82) is 0 Å². The van der Waals surface area contributed by atoms with E-state index in [0.29, 0.717) is 12.5 Å². The van der Waals surface area contributed by atoms with Crippen LogP contribution in [0.3, 0.4) is 0 Å². The highest BCUT2D eigenvalue weighted by molar-refractivity contribution is 5.67. The fourth-order valence-electron chi connectivity index (χ4n) is 2.67. The third-order valence-electron chi connectivity index (χ3n) is 4.05. The Labute approximate surface area is 125 Å². The van der Waals surface area contributed by atoms with Crippen LogP contribution in [0, 0.1) is 11.3 Å². The summed E-state index contributed by atoms with van der Waals surface area (Å²) < 4.78 is 5.55. The standard InChI is InChI=1S/C17H33NO2/c1-5-12-18(13-11-17(2,3)4)16(19)20-14-15-9-7-6-8-10-15/h15H,5-14H2,1-4H3. The Kier molecular flexibility index (Phi) is 7.39. The number of carbonyl (C=O) groups is 1. The summed E-state index contributed by atoms with van der Waals surface area (Å²) in [5.74, 6) is 0.596. The molecule has 0 aliphatic heterocycles. The van der Waals surface area contributed by atoms with Gasteiger partial charge in [0.05, 0.1) is 6.61 Å². The van der Waals surface area contributed by atoms with Gasteiger partial charge < -0.3 is 9.64 Å². The maximum absolute atomic E-state index is 12.2. The lowest BCUT2D eigenvalue weighted by Gasteiger charge is -2.27. The topological polar surface area (TPSA) is 29.5 Å². The molecule has 118 valence electrons. The monoisotopic (exact) mass is 283 g/mol. The van der Waals surface area contributed by atoms with E-state index in [1.54, 1.807) is 0 Å². The number of hydrogen-bond acceptors (Lipinski definition) is 2. The van der Waals surface area contributed by atoms with Gasteiger partial charge in [0.1, 0.15) is 0 Å². The van der Waals surface area contributed by atoms with E-state index in [1.165, 1.54) is 32.1 Å². The van der Waals surface area contributed by atoms with Gasteiger partial charge in [0.15, 0.2) is 0 Å². The minimum absolute atomic E-state index is 0.110. The molecular formula is C17H33NO2. The fourth-order valence-corrected chi connectivity index (χ4v) is 2.67. The smallest absolute Gasteiger partial charge is 0.409 e. The first-order chi connectivity index (χ1) is 9.42. The molecular weight excluding hydrogens is 250 g/mol. The molecule has 0 aromatic rings. The van der Waals surface area contributed by atoms with Crippen molar-refractivity contribution in [3.8, 4) is 0 Å². The Balaban J connectivity index is 2.34. The van der Waals surface area contributed by atoms with E-state index in [9.17, 15) is 4.79 Å². The minimum atomic E-state index is -0.110. The van der Waals surface area contributed by atoms with E-state index in [2.05, 4.69) is 27.7 Å². The first kappa shape index (κ1) is 17.3. The van der Waals surface area contributed by atoms with Gasteiger partial charge in [-0.3, -0.25) is 0 Å². The average molecular weight is 283 g/mol. The van der Waals surface area contributed by atoms with Crippen molar-refractivity contribution in [1.82, 2.24) is 4.90 Å². The molecule has 1 fully saturated rings. The number of ether oxygens (including phenoxy) is 1. The van der Waals surface area contributed by atoms with Crippen molar-refractivity contribution in [2.75, 3.05) is 19.7 Å². The Morgan fingerprint density at radius 2 is 1.80 bits per heavy atom. The largest absolute Gasteiger partial charge is 0.449 e. The second-order valence-electron chi connectivity index (χ2n) is 7.38. The van der Waals surface area contributed by atoms with Crippen LogP contribution < -0.4 is 0 Å². The molecule has 0 radical (unpaired) electrons. The quantitative estimate of drug-likeness (QED) is 0.697. The lowest BCUT2D eigenvalue weighted by Crippen LogP contribution is -2.35. The molecule has 0 bridgehead atoms. The first-order valence-corrected chi connectivity index (χ1v) is 8.34. The predicted octanol–water partition coefficient (Wildman–Crippen LogP) is 4.85. The molecule has 0 atom stereocenters. The molecule has 0 aromatic heterocycles. The molecule has 20 heavy (non-hydrogen) atoms. The van der Waals surface area contributed by atoms with Gasteiger partial charge in [-0.15, -0.1) is 0 Å². The average Bonchev–Trinajstić information content (AvgIpc) is 2.41. The van der Waals surface area contributed by atoms with Crippen LogP contribution >= 0.6 is 0 Å². The zero-order chi connectivity index (χ0) is 15.0. The van der Waals surface area contributed by atoms with Crippen molar-refractivity contribution >= 4 is 6.09 Å². The Morgan fingerprint density at radius 1 is 1.15 bits per heavy atom. The summed E-state index contributed by atoms with van der Waals surface area (Å²) in [6.45, 7) is 11.0. The number of hydrogen-bond donors (Lipinski definition) is 0. The predicted molar refractivity (Wildman–Crippen MR) is 83.9 cm³/mol. The molecule has 0 saturated heterocycles. The van der Waals surface area contributed by atoms with Gasteiger partial charge in [-0.2, -0.15) is 0 Å². The normalized spacial score (nSPS) is 17.0. The SMILES string of the molecule is CCCN(CCC(C)(C)C)C(=O)OCC1CCCCC1. The maximum atomic E-state index is 12.2. The van der Waals surface area contributed by atoms with Crippen LogP contribution in [0.2, 0.25) is 0 Å². The lowest BCUT2D eigenvalue weighted by atomic mass is 9.90. The van der Waals surface area contributed by atoms with Gasteiger partial charge >= 0.3 is 6.09 Å². The van der Waals surface area contributed by atoms with Crippen molar-refractivity contribution in [2.45, 2.75) is 72.6 Å². The molecule has 0 aromatic carbocycles. The van der Waals surface area contributed by atoms with Crippen molar-refractivity contribution in [3.05, 3.63) is 0 Å². The molecule has 1 aliphatic carbocycles. The van der Waals surface area contributed by atoms with Gasteiger partial charge in [-0.05, 0) is 37.0 Å². The maximum Gasteiger partial charge on any atom is 0.409 e. The van der Waals surface area contributed by atoms with E-state index >= 15 is 0 Å². The van der Waals surface area contributed by atoms with Crippen LogP contribution in [0.4, 0.5) is 4.79 Å². The Hall–Kier alpha value is -0.730. The summed E-state index contributed by atoms with van der Waals surface area (Å²) in [6.07, 6.45) is 8.29. The Morgan fingerprint density at radius 3 is 2.35 bits per heavy atom. The first-order valence-electron chi connectivity index (χ1n) is 8.34. The summed E-state index contributed by atoms with van der Waals surface area (Å²) in [5, 5.41) is 0. The van der Waals surface area contributed by atoms with Crippen molar-refractivity contribution < 1.29 is 9.53 Å². The minimum Gasteiger partial charge on any atom is -0.449 e. The molecule has 1 saturated carbocycles. The van der Waals surface area contributed by atoms with Gasteiger partial charge in [0.25, 0.3) is 0 Å². The highest BCUT2D eigenvalue weighted by Gasteiger charge is 2.20. The van der Waals surface area contributed by atoms with Crippen LogP contribution in [0.5, 0.6) is 0 Å². The molecule has 3 heteroatoms. The van der Waals surface area contributed by atoms with Gasteiger partial charge in [-0.1, -0.05) is 47.0 Å². The molecule has 1 rings (SSSR count). The molecule has 1 aliphatic rings. The molecule has 0 unspecified atom stereocenters. The van der Waals surface area contributed by atoms with Crippen LogP contribution in [-0.4, -0.2) is 30.7 Å². The summed E-state index contributed by atoms with van der Waals surface area (Å²) in [7, 11) is 0. The molecule has 3 nitrogen and oxygen atoms in total. The van der Waals surface area contributed by atoms with E-state index in [1.807, 2.05) is 4.90 Å². The summed E-state index contributed by atoms with van der Waals surface area (Å²) in [6, 6.07) is 0. The van der Waals surface area contributed by atoms with Crippen LogP contribution in [0.25, 0.3) is 0 Å². The zero-order valence-corrected chi connectivity index (χ0v) is 13.9. The number of nitrogens with zero attached hydrogens (tertiary/aromatic N) is 1. The van der Waals surface area contributed by atoms with E-state index in [4.69, 9.17) is 4.74 Å². The lowest BCUT2D eigenvalue weighted by molar-refractivity contribution is 0.0771. The third kappa shape index (κ3) is 7.16. The zero-order valence-electron chi connectivity index (χ0n) is 13.9. The third-order valence-corrected chi connectivity index (χ3v) is 4.05. The van der Waals surface area contributed by atoms with E-state index < -0.39 is 0 Å².